The van der Waals surface area contributed by atoms with Crippen molar-refractivity contribution in [2.24, 2.45) is 0 Å². The van der Waals surface area contributed by atoms with Gasteiger partial charge < -0.3 is 4.84 Å². The summed E-state index contributed by atoms with van der Waals surface area (Å²) in [5.74, 6) is -3.15. The summed E-state index contributed by atoms with van der Waals surface area (Å²) < 4.78 is 0. The number of amides is 4. The lowest BCUT2D eigenvalue weighted by atomic mass is 10.2. The summed E-state index contributed by atoms with van der Waals surface area (Å²) in [6, 6.07) is 5.59. The van der Waals surface area contributed by atoms with Crippen LogP contribution in [0.4, 0.5) is 5.69 Å². The zero-order valence-electron chi connectivity index (χ0n) is 16.4. The summed E-state index contributed by atoms with van der Waals surface area (Å²) in [6.07, 6.45) is 3.48. The van der Waals surface area contributed by atoms with Gasteiger partial charge in [0.25, 0.3) is 23.6 Å². The Hall–Kier alpha value is -3.29. The Morgan fingerprint density at radius 1 is 0.964 bits per heavy atom. The molecular weight excluding hydrogens is 364 g/mol. The van der Waals surface area contributed by atoms with Crippen molar-refractivity contribution in [3.05, 3.63) is 42.0 Å². The molecule has 8 heteroatoms. The molecule has 8 nitrogen and oxygen atoms in total. The Morgan fingerprint density at radius 2 is 1.46 bits per heavy atom. The molecule has 28 heavy (non-hydrogen) atoms. The van der Waals surface area contributed by atoms with E-state index in [1.807, 2.05) is 13.8 Å². The van der Waals surface area contributed by atoms with Crippen LogP contribution < -0.4 is 4.90 Å². The van der Waals surface area contributed by atoms with Crippen molar-refractivity contribution in [3.8, 4) is 0 Å². The number of carbonyl (C=O) groups excluding carboxylic acids is 5. The second kappa shape index (κ2) is 10.8. The number of anilines is 1. The normalized spacial score (nSPS) is 15.1. The summed E-state index contributed by atoms with van der Waals surface area (Å²) in [5, 5.41) is 0.433. The van der Waals surface area contributed by atoms with Crippen molar-refractivity contribution >= 4 is 35.3 Å². The Balaban J connectivity index is 0.000000717. The molecule has 0 unspecified atom stereocenters. The topological polar surface area (TPSA) is 101 Å². The smallest absolute Gasteiger partial charge is 0.325 e. The van der Waals surface area contributed by atoms with Gasteiger partial charge >= 0.3 is 5.97 Å². The lowest BCUT2D eigenvalue weighted by Crippen LogP contribution is -2.32. The number of rotatable bonds is 3. The molecule has 0 atom stereocenters. The first-order valence-corrected chi connectivity index (χ1v) is 9.13. The summed E-state index contributed by atoms with van der Waals surface area (Å²) in [7, 11) is 0. The van der Waals surface area contributed by atoms with Gasteiger partial charge in [0.1, 0.15) is 0 Å². The maximum atomic E-state index is 12.0. The van der Waals surface area contributed by atoms with Crippen molar-refractivity contribution in [2.45, 2.75) is 47.0 Å². The van der Waals surface area contributed by atoms with E-state index in [1.165, 1.54) is 30.7 Å². The second-order valence-electron chi connectivity index (χ2n) is 5.56. The van der Waals surface area contributed by atoms with E-state index in [9.17, 15) is 24.0 Å². The highest BCUT2D eigenvalue weighted by Gasteiger charge is 2.33. The van der Waals surface area contributed by atoms with Crippen molar-refractivity contribution in [1.82, 2.24) is 5.06 Å². The molecule has 2 aliphatic heterocycles. The Labute approximate surface area is 163 Å². The van der Waals surface area contributed by atoms with Gasteiger partial charge in [0, 0.05) is 25.0 Å². The van der Waals surface area contributed by atoms with E-state index in [2.05, 4.69) is 13.8 Å². The molecule has 0 radical (unpaired) electrons. The van der Waals surface area contributed by atoms with Gasteiger partial charge in [0.05, 0.1) is 11.3 Å². The van der Waals surface area contributed by atoms with Crippen LogP contribution in [0.1, 0.15) is 57.3 Å². The molecule has 3 rings (SSSR count). The van der Waals surface area contributed by atoms with Crippen molar-refractivity contribution < 1.29 is 28.8 Å². The van der Waals surface area contributed by atoms with Crippen LogP contribution in [0.15, 0.2) is 36.4 Å². The molecule has 1 saturated heterocycles. The van der Waals surface area contributed by atoms with E-state index < -0.39 is 29.6 Å². The van der Waals surface area contributed by atoms with Gasteiger partial charge in [-0.25, -0.2) is 9.69 Å². The van der Waals surface area contributed by atoms with Gasteiger partial charge in [0.15, 0.2) is 0 Å². The first-order chi connectivity index (χ1) is 13.4. The van der Waals surface area contributed by atoms with Gasteiger partial charge in [-0.15, -0.1) is 5.06 Å². The maximum absolute atomic E-state index is 12.0. The molecule has 150 valence electrons. The second-order valence-corrected chi connectivity index (χ2v) is 5.56. The molecule has 0 saturated carbocycles. The summed E-state index contributed by atoms with van der Waals surface area (Å²) >= 11 is 0. The fourth-order valence-electron chi connectivity index (χ4n) is 2.22. The third kappa shape index (κ3) is 5.35. The minimum atomic E-state index is -0.928. The number of carbonyl (C=O) groups is 5. The average Bonchev–Trinajstić information content (AvgIpc) is 3.19. The number of nitrogens with zero attached hydrogens (tertiary/aromatic N) is 2. The van der Waals surface area contributed by atoms with E-state index >= 15 is 0 Å². The predicted octanol–water partition coefficient (Wildman–Crippen LogP) is 2.78. The lowest BCUT2D eigenvalue weighted by Gasteiger charge is -2.16. The molecule has 0 N–H and O–H groups in total. The average molecular weight is 388 g/mol. The summed E-state index contributed by atoms with van der Waals surface area (Å²) in [5.41, 5.74) is 0.195. The number of imide groups is 2. The molecule has 0 spiro atoms. The van der Waals surface area contributed by atoms with Crippen LogP contribution in [0, 0.1) is 0 Å². The molecule has 1 aromatic carbocycles. The molecular formula is C20H24N2O6. The highest BCUT2D eigenvalue weighted by molar-refractivity contribution is 6.28. The number of hydrogen-bond acceptors (Lipinski definition) is 6. The summed E-state index contributed by atoms with van der Waals surface area (Å²) in [6.45, 7) is 8.25. The van der Waals surface area contributed by atoms with Gasteiger partial charge in [-0.1, -0.05) is 40.2 Å². The van der Waals surface area contributed by atoms with E-state index in [1.54, 1.807) is 0 Å². The van der Waals surface area contributed by atoms with Crippen LogP contribution in [0.2, 0.25) is 0 Å². The minimum absolute atomic E-state index is 0.00231. The third-order valence-electron chi connectivity index (χ3n) is 3.33. The van der Waals surface area contributed by atoms with Gasteiger partial charge in [-0.05, 0) is 18.2 Å². The molecule has 2 heterocycles. The van der Waals surface area contributed by atoms with Crippen LogP contribution in [-0.2, 0) is 24.0 Å². The van der Waals surface area contributed by atoms with Gasteiger partial charge in [-0.3, -0.25) is 19.2 Å². The zero-order valence-corrected chi connectivity index (χ0v) is 16.4. The van der Waals surface area contributed by atoms with Crippen LogP contribution in [-0.4, -0.2) is 34.7 Å². The number of hydroxylamine groups is 2. The Bertz CT molecular complexity index is 766. The van der Waals surface area contributed by atoms with E-state index in [4.69, 9.17) is 4.84 Å². The van der Waals surface area contributed by atoms with E-state index in [0.29, 0.717) is 5.06 Å². The van der Waals surface area contributed by atoms with Gasteiger partial charge in [-0.2, -0.15) is 0 Å². The number of hydrogen-bond donors (Lipinski definition) is 0. The fourth-order valence-corrected chi connectivity index (χ4v) is 2.22. The standard InChI is InChI=1S/C15H10N2O6.C3H8.C2H6/c18-11-4-5-12(19)16(11)10-3-1-2-9(8-10)15(22)23-17-13(20)6-7-14(17)21;1-3-2;1-2/h1-5,8H,6-7H2;3H2,1-2H3;1-2H3. The van der Waals surface area contributed by atoms with Crippen LogP contribution in [0.5, 0.6) is 0 Å². The molecule has 0 bridgehead atoms. The fraction of sp³-hybridized carbons (Fsp3) is 0.350. The molecule has 1 fully saturated rings. The zero-order chi connectivity index (χ0) is 21.3. The molecule has 2 aliphatic rings. The summed E-state index contributed by atoms with van der Waals surface area (Å²) in [4.78, 5) is 63.9. The van der Waals surface area contributed by atoms with E-state index in [-0.39, 0.29) is 24.1 Å². The highest BCUT2D eigenvalue weighted by Crippen LogP contribution is 2.21. The Kier molecular flexibility index (Phi) is 8.74. The van der Waals surface area contributed by atoms with Crippen LogP contribution in [0.3, 0.4) is 0 Å². The first-order valence-electron chi connectivity index (χ1n) is 9.13. The maximum Gasteiger partial charge on any atom is 0.363 e. The van der Waals surface area contributed by atoms with Crippen molar-refractivity contribution in [1.29, 1.82) is 0 Å². The van der Waals surface area contributed by atoms with Gasteiger partial charge in [0.2, 0.25) is 0 Å². The third-order valence-corrected chi connectivity index (χ3v) is 3.33. The van der Waals surface area contributed by atoms with E-state index in [0.717, 1.165) is 17.1 Å². The monoisotopic (exact) mass is 388 g/mol. The van der Waals surface area contributed by atoms with Crippen LogP contribution >= 0.6 is 0 Å². The van der Waals surface area contributed by atoms with Crippen molar-refractivity contribution in [3.63, 3.8) is 0 Å². The van der Waals surface area contributed by atoms with Crippen molar-refractivity contribution in [2.75, 3.05) is 4.90 Å². The van der Waals surface area contributed by atoms with Crippen LogP contribution in [0.25, 0.3) is 0 Å². The lowest BCUT2D eigenvalue weighted by molar-refractivity contribution is -0.172. The quantitative estimate of drug-likeness (QED) is 0.738. The molecule has 0 aromatic heterocycles. The minimum Gasteiger partial charge on any atom is -0.325 e. The predicted molar refractivity (Wildman–Crippen MR) is 102 cm³/mol. The number of benzene rings is 1. The Morgan fingerprint density at radius 3 is 1.96 bits per heavy atom. The molecule has 4 amide bonds. The highest BCUT2D eigenvalue weighted by atomic mass is 16.7. The molecule has 0 aliphatic carbocycles. The molecule has 1 aromatic rings. The first kappa shape index (κ1) is 22.8. The SMILES string of the molecule is CC.CCC.O=C(ON1C(=O)CCC1=O)c1cccc(N2C(=O)C=CC2=O)c1. The largest absolute Gasteiger partial charge is 0.363 e.